The lowest BCUT2D eigenvalue weighted by Gasteiger charge is -2.20. The highest BCUT2D eigenvalue weighted by molar-refractivity contribution is 7.89. The van der Waals surface area contributed by atoms with E-state index in [1.807, 2.05) is 0 Å². The molecule has 1 aliphatic heterocycles. The van der Waals surface area contributed by atoms with Crippen molar-refractivity contribution in [2.45, 2.75) is 44.5 Å². The zero-order valence-electron chi connectivity index (χ0n) is 12.6. The van der Waals surface area contributed by atoms with Crippen LogP contribution in [-0.4, -0.2) is 55.8 Å². The van der Waals surface area contributed by atoms with Crippen molar-refractivity contribution in [1.29, 1.82) is 0 Å². The van der Waals surface area contributed by atoms with Gasteiger partial charge in [-0.05, 0) is 27.2 Å². The van der Waals surface area contributed by atoms with E-state index < -0.39 is 27.0 Å². The van der Waals surface area contributed by atoms with Crippen molar-refractivity contribution in [3.63, 3.8) is 0 Å². The summed E-state index contributed by atoms with van der Waals surface area (Å²) >= 11 is 0. The molecule has 1 heterocycles. The number of nitrogens with two attached hydrogens (primary N) is 1. The Labute approximate surface area is 125 Å². The van der Waals surface area contributed by atoms with E-state index >= 15 is 0 Å². The SMILES string of the molecule is CC(C)(C)OC(=O)NCCCN1CC(S(N)(=O)=O)CC1=O. The molecule has 0 aromatic rings. The molecule has 9 heteroatoms. The van der Waals surface area contributed by atoms with Crippen molar-refractivity contribution >= 4 is 22.0 Å². The first-order chi connectivity index (χ1) is 9.49. The van der Waals surface area contributed by atoms with E-state index in [-0.39, 0.29) is 18.9 Å². The van der Waals surface area contributed by atoms with Crippen molar-refractivity contribution in [3.05, 3.63) is 0 Å². The van der Waals surface area contributed by atoms with Gasteiger partial charge >= 0.3 is 6.09 Å². The number of primary sulfonamides is 1. The number of alkyl carbamates (subject to hydrolysis) is 1. The van der Waals surface area contributed by atoms with Crippen molar-refractivity contribution in [1.82, 2.24) is 10.2 Å². The van der Waals surface area contributed by atoms with Crippen LogP contribution in [0.25, 0.3) is 0 Å². The second-order valence-corrected chi connectivity index (χ2v) is 7.88. The number of hydrogen-bond acceptors (Lipinski definition) is 5. The summed E-state index contributed by atoms with van der Waals surface area (Å²) in [5.74, 6) is -0.230. The number of carbonyl (C=O) groups excluding carboxylic acids is 2. The van der Waals surface area contributed by atoms with Gasteiger partial charge in [-0.1, -0.05) is 0 Å². The molecule has 1 unspecified atom stereocenters. The number of amides is 2. The first-order valence-electron chi connectivity index (χ1n) is 6.75. The minimum absolute atomic E-state index is 0.0711. The minimum Gasteiger partial charge on any atom is -0.444 e. The Hall–Kier alpha value is -1.35. The van der Waals surface area contributed by atoms with Crippen LogP contribution < -0.4 is 10.5 Å². The van der Waals surface area contributed by atoms with Gasteiger partial charge < -0.3 is 15.0 Å². The highest BCUT2D eigenvalue weighted by Gasteiger charge is 2.35. The van der Waals surface area contributed by atoms with E-state index in [0.29, 0.717) is 19.5 Å². The maximum atomic E-state index is 11.6. The molecule has 0 bridgehead atoms. The molecular weight excluding hydrogens is 298 g/mol. The van der Waals surface area contributed by atoms with Crippen LogP contribution in [0.1, 0.15) is 33.6 Å². The number of likely N-dealkylation sites (tertiary alicyclic amines) is 1. The average Bonchev–Trinajstić information content (AvgIpc) is 2.64. The molecule has 21 heavy (non-hydrogen) atoms. The van der Waals surface area contributed by atoms with E-state index in [0.717, 1.165) is 0 Å². The molecule has 0 aromatic carbocycles. The van der Waals surface area contributed by atoms with E-state index in [2.05, 4.69) is 5.32 Å². The molecular formula is C12H23N3O5S. The molecule has 8 nitrogen and oxygen atoms in total. The third-order valence-electron chi connectivity index (χ3n) is 2.92. The predicted molar refractivity (Wildman–Crippen MR) is 76.9 cm³/mol. The molecule has 0 aliphatic carbocycles. The first kappa shape index (κ1) is 17.7. The van der Waals surface area contributed by atoms with Crippen LogP contribution in [0.2, 0.25) is 0 Å². The molecule has 1 atom stereocenters. The van der Waals surface area contributed by atoms with Crippen LogP contribution in [0.5, 0.6) is 0 Å². The van der Waals surface area contributed by atoms with Gasteiger partial charge in [0.2, 0.25) is 15.9 Å². The standard InChI is InChI=1S/C12H23N3O5S/c1-12(2,3)20-11(17)14-5-4-6-15-8-9(7-10(15)16)21(13,18)19/h9H,4-8H2,1-3H3,(H,14,17)(H2,13,18,19). The third-order valence-corrected chi connectivity index (χ3v) is 4.16. The molecule has 1 saturated heterocycles. The van der Waals surface area contributed by atoms with Crippen LogP contribution in [0, 0.1) is 0 Å². The number of ether oxygens (including phenoxy) is 1. The zero-order chi connectivity index (χ0) is 16.3. The quantitative estimate of drug-likeness (QED) is 0.679. The summed E-state index contributed by atoms with van der Waals surface area (Å²) in [5, 5.41) is 6.79. The second-order valence-electron chi connectivity index (χ2n) is 6.04. The Balaban J connectivity index is 2.28. The molecule has 0 saturated carbocycles. The van der Waals surface area contributed by atoms with Crippen LogP contribution in [0.15, 0.2) is 0 Å². The van der Waals surface area contributed by atoms with E-state index in [1.54, 1.807) is 20.8 Å². The Kier molecular flexibility index (Phi) is 5.57. The molecule has 3 N–H and O–H groups in total. The summed E-state index contributed by atoms with van der Waals surface area (Å²) in [6.07, 6.45) is -0.0710. The van der Waals surface area contributed by atoms with Gasteiger partial charge in [-0.15, -0.1) is 0 Å². The highest BCUT2D eigenvalue weighted by Crippen LogP contribution is 2.16. The van der Waals surface area contributed by atoms with E-state index in [9.17, 15) is 18.0 Å². The topological polar surface area (TPSA) is 119 Å². The lowest BCUT2D eigenvalue weighted by Crippen LogP contribution is -2.35. The maximum Gasteiger partial charge on any atom is 0.407 e. The van der Waals surface area contributed by atoms with Gasteiger partial charge in [0.05, 0.1) is 0 Å². The van der Waals surface area contributed by atoms with Gasteiger partial charge in [0, 0.05) is 26.1 Å². The number of rotatable bonds is 5. The molecule has 122 valence electrons. The Morgan fingerprint density at radius 3 is 2.57 bits per heavy atom. The Morgan fingerprint density at radius 2 is 2.10 bits per heavy atom. The molecule has 1 rings (SSSR count). The van der Waals surface area contributed by atoms with Crippen LogP contribution >= 0.6 is 0 Å². The summed E-state index contributed by atoms with van der Waals surface area (Å²) in [6.45, 7) is 6.14. The van der Waals surface area contributed by atoms with Gasteiger partial charge in [-0.3, -0.25) is 4.79 Å². The molecule has 0 spiro atoms. The van der Waals surface area contributed by atoms with Gasteiger partial charge in [-0.2, -0.15) is 0 Å². The lowest BCUT2D eigenvalue weighted by atomic mass is 10.2. The normalized spacial score (nSPS) is 19.7. The fourth-order valence-electron chi connectivity index (χ4n) is 1.95. The fraction of sp³-hybridized carbons (Fsp3) is 0.833. The third kappa shape index (κ3) is 6.30. The largest absolute Gasteiger partial charge is 0.444 e. The number of nitrogens with zero attached hydrogens (tertiary/aromatic N) is 1. The van der Waals surface area contributed by atoms with Crippen LogP contribution in [0.3, 0.4) is 0 Å². The molecule has 0 aromatic heterocycles. The van der Waals surface area contributed by atoms with Gasteiger partial charge in [-0.25, -0.2) is 18.4 Å². The summed E-state index contributed by atoms with van der Waals surface area (Å²) in [4.78, 5) is 24.5. The molecule has 1 fully saturated rings. The minimum atomic E-state index is -3.68. The van der Waals surface area contributed by atoms with Gasteiger partial charge in [0.15, 0.2) is 0 Å². The van der Waals surface area contributed by atoms with Gasteiger partial charge in [0.25, 0.3) is 0 Å². The lowest BCUT2D eigenvalue weighted by molar-refractivity contribution is -0.127. The predicted octanol–water partition coefficient (Wildman–Crippen LogP) is -0.209. The number of hydrogen-bond donors (Lipinski definition) is 2. The number of sulfonamides is 1. The smallest absolute Gasteiger partial charge is 0.407 e. The molecule has 0 radical (unpaired) electrons. The van der Waals surface area contributed by atoms with Crippen LogP contribution in [-0.2, 0) is 19.6 Å². The van der Waals surface area contributed by atoms with Crippen LogP contribution in [0.4, 0.5) is 4.79 Å². The summed E-state index contributed by atoms with van der Waals surface area (Å²) in [7, 11) is -3.68. The summed E-state index contributed by atoms with van der Waals surface area (Å²) < 4.78 is 27.5. The van der Waals surface area contributed by atoms with Gasteiger partial charge in [0.1, 0.15) is 10.9 Å². The monoisotopic (exact) mass is 321 g/mol. The zero-order valence-corrected chi connectivity index (χ0v) is 13.4. The fourth-order valence-corrected chi connectivity index (χ4v) is 2.71. The van der Waals surface area contributed by atoms with Crippen molar-refractivity contribution in [3.8, 4) is 0 Å². The maximum absolute atomic E-state index is 11.6. The average molecular weight is 321 g/mol. The van der Waals surface area contributed by atoms with Crippen molar-refractivity contribution < 1.29 is 22.7 Å². The number of nitrogens with one attached hydrogen (secondary N) is 1. The Bertz CT molecular complexity index is 498. The Morgan fingerprint density at radius 1 is 1.48 bits per heavy atom. The summed E-state index contributed by atoms with van der Waals surface area (Å²) in [6, 6.07) is 0. The second kappa shape index (κ2) is 6.61. The first-order valence-corrected chi connectivity index (χ1v) is 8.36. The number of carbonyl (C=O) groups is 2. The van der Waals surface area contributed by atoms with Crippen molar-refractivity contribution in [2.24, 2.45) is 5.14 Å². The molecule has 2 amide bonds. The highest BCUT2D eigenvalue weighted by atomic mass is 32.2. The summed E-state index contributed by atoms with van der Waals surface area (Å²) in [5.41, 5.74) is -0.558. The van der Waals surface area contributed by atoms with Crippen molar-refractivity contribution in [2.75, 3.05) is 19.6 Å². The molecule has 1 aliphatic rings. The van der Waals surface area contributed by atoms with E-state index in [1.165, 1.54) is 4.90 Å². The van der Waals surface area contributed by atoms with E-state index in [4.69, 9.17) is 9.88 Å².